The third-order valence-corrected chi connectivity index (χ3v) is 5.27. The lowest BCUT2D eigenvalue weighted by atomic mass is 10.1. The molecule has 0 saturated carbocycles. The van der Waals surface area contributed by atoms with E-state index in [0.717, 1.165) is 54.4 Å². The van der Waals surface area contributed by atoms with Gasteiger partial charge in [-0.15, -0.1) is 0 Å². The van der Waals surface area contributed by atoms with Crippen LogP contribution in [-0.4, -0.2) is 35.1 Å². The van der Waals surface area contributed by atoms with E-state index in [4.69, 9.17) is 4.98 Å². The van der Waals surface area contributed by atoms with Gasteiger partial charge < -0.3 is 15.3 Å². The normalized spacial score (nSPS) is 13.9. The van der Waals surface area contributed by atoms with Crippen LogP contribution in [0, 0.1) is 0 Å². The number of nitrogens with one attached hydrogen (secondary N) is 1. The number of Topliss-reactive ketones (excluding diaryl/α,β-unsaturated/α-hetero) is 1. The maximum atomic E-state index is 11.5. The summed E-state index contributed by atoms with van der Waals surface area (Å²) >= 11 is 0. The zero-order valence-corrected chi connectivity index (χ0v) is 18.5. The first-order chi connectivity index (χ1) is 15.1. The SMILES string of the molecule is CC.CC(=O)c1ccc(Nc2cc(N3CCC(O)CC3)cc(-c3ccccc3)n2)cc1. The quantitative estimate of drug-likeness (QED) is 0.523. The number of aromatic nitrogens is 1. The molecule has 0 radical (unpaired) electrons. The van der Waals surface area contributed by atoms with Crippen molar-refractivity contribution in [3.05, 3.63) is 72.3 Å². The Morgan fingerprint density at radius 1 is 1.00 bits per heavy atom. The van der Waals surface area contributed by atoms with Crippen LogP contribution in [0.5, 0.6) is 0 Å². The molecule has 31 heavy (non-hydrogen) atoms. The molecule has 162 valence electrons. The molecule has 1 fully saturated rings. The summed E-state index contributed by atoms with van der Waals surface area (Å²) in [4.78, 5) is 18.6. The molecule has 2 N–H and O–H groups in total. The predicted molar refractivity (Wildman–Crippen MR) is 128 cm³/mol. The molecule has 5 nitrogen and oxygen atoms in total. The van der Waals surface area contributed by atoms with Gasteiger partial charge in [-0.1, -0.05) is 44.2 Å². The maximum absolute atomic E-state index is 11.5. The number of nitrogens with zero attached hydrogens (tertiary/aromatic N) is 2. The number of pyridine rings is 1. The number of hydrogen-bond acceptors (Lipinski definition) is 5. The van der Waals surface area contributed by atoms with Crippen molar-refractivity contribution in [2.75, 3.05) is 23.3 Å². The van der Waals surface area contributed by atoms with E-state index in [1.807, 2.05) is 62.4 Å². The summed E-state index contributed by atoms with van der Waals surface area (Å²) in [7, 11) is 0. The average Bonchev–Trinajstić information content (AvgIpc) is 2.81. The fourth-order valence-corrected chi connectivity index (χ4v) is 3.58. The zero-order valence-electron chi connectivity index (χ0n) is 18.5. The second-order valence-electron chi connectivity index (χ2n) is 7.44. The third kappa shape index (κ3) is 5.92. The Balaban J connectivity index is 0.00000132. The van der Waals surface area contributed by atoms with E-state index < -0.39 is 0 Å². The smallest absolute Gasteiger partial charge is 0.159 e. The van der Waals surface area contributed by atoms with E-state index in [1.165, 1.54) is 0 Å². The van der Waals surface area contributed by atoms with Gasteiger partial charge in [0, 0.05) is 41.7 Å². The van der Waals surface area contributed by atoms with E-state index in [2.05, 4.69) is 28.4 Å². The Hall–Kier alpha value is -3.18. The lowest BCUT2D eigenvalue weighted by Gasteiger charge is -2.32. The van der Waals surface area contributed by atoms with Crippen molar-refractivity contribution in [2.24, 2.45) is 0 Å². The van der Waals surface area contributed by atoms with Gasteiger partial charge >= 0.3 is 0 Å². The topological polar surface area (TPSA) is 65.5 Å². The van der Waals surface area contributed by atoms with Crippen molar-refractivity contribution in [1.29, 1.82) is 0 Å². The lowest BCUT2D eigenvalue weighted by Crippen LogP contribution is -2.35. The number of ketones is 1. The molecule has 1 aliphatic heterocycles. The summed E-state index contributed by atoms with van der Waals surface area (Å²) in [6, 6.07) is 21.7. The van der Waals surface area contributed by atoms with Gasteiger partial charge in [0.25, 0.3) is 0 Å². The lowest BCUT2D eigenvalue weighted by molar-refractivity contribution is 0.101. The second-order valence-corrected chi connectivity index (χ2v) is 7.44. The highest BCUT2D eigenvalue weighted by molar-refractivity contribution is 5.94. The number of carbonyl (C=O) groups is 1. The van der Waals surface area contributed by atoms with Crippen molar-refractivity contribution in [2.45, 2.75) is 39.7 Å². The summed E-state index contributed by atoms with van der Waals surface area (Å²) in [6.07, 6.45) is 1.34. The highest BCUT2D eigenvalue weighted by Crippen LogP contribution is 2.29. The summed E-state index contributed by atoms with van der Waals surface area (Å²) in [5.74, 6) is 0.804. The van der Waals surface area contributed by atoms with Gasteiger partial charge in [0.05, 0.1) is 11.8 Å². The molecule has 0 aliphatic carbocycles. The molecule has 0 unspecified atom stereocenters. The van der Waals surface area contributed by atoms with Gasteiger partial charge in [0.2, 0.25) is 0 Å². The van der Waals surface area contributed by atoms with Crippen LogP contribution in [0.2, 0.25) is 0 Å². The van der Waals surface area contributed by atoms with E-state index >= 15 is 0 Å². The van der Waals surface area contributed by atoms with Gasteiger partial charge in [-0.3, -0.25) is 4.79 Å². The summed E-state index contributed by atoms with van der Waals surface area (Å²) in [5, 5.41) is 13.2. The van der Waals surface area contributed by atoms with Gasteiger partial charge in [-0.05, 0) is 50.1 Å². The maximum Gasteiger partial charge on any atom is 0.159 e. The Morgan fingerprint density at radius 3 is 2.26 bits per heavy atom. The number of aliphatic hydroxyl groups excluding tert-OH is 1. The van der Waals surface area contributed by atoms with E-state index in [-0.39, 0.29) is 11.9 Å². The van der Waals surface area contributed by atoms with Crippen LogP contribution in [0.1, 0.15) is 44.0 Å². The molecular formula is C26H31N3O2. The Morgan fingerprint density at radius 2 is 1.65 bits per heavy atom. The summed E-state index contributed by atoms with van der Waals surface area (Å²) in [6.45, 7) is 7.22. The molecule has 0 spiro atoms. The number of hydrogen-bond donors (Lipinski definition) is 2. The average molecular weight is 418 g/mol. The molecular weight excluding hydrogens is 386 g/mol. The molecule has 0 atom stereocenters. The molecule has 2 heterocycles. The minimum absolute atomic E-state index is 0.0512. The van der Waals surface area contributed by atoms with Crippen LogP contribution in [0.25, 0.3) is 11.3 Å². The largest absolute Gasteiger partial charge is 0.393 e. The summed E-state index contributed by atoms with van der Waals surface area (Å²) in [5.41, 5.74) is 4.62. The minimum atomic E-state index is -0.209. The van der Waals surface area contributed by atoms with Crippen LogP contribution in [0.4, 0.5) is 17.2 Å². The molecule has 1 aliphatic rings. The summed E-state index contributed by atoms with van der Waals surface area (Å²) < 4.78 is 0. The molecule has 1 aromatic heterocycles. The number of rotatable bonds is 5. The molecule has 3 aromatic rings. The standard InChI is InChI=1S/C24H25N3O2.C2H6/c1-17(28)18-7-9-20(10-8-18)25-24-16-21(27-13-11-22(29)12-14-27)15-23(26-24)19-5-3-2-4-6-19;1-2/h2-10,15-16,22,29H,11-14H2,1H3,(H,25,26);1-2H3. The number of carbonyl (C=O) groups excluding carboxylic acids is 1. The predicted octanol–water partition coefficient (Wildman–Crippen LogP) is 5.68. The van der Waals surface area contributed by atoms with Gasteiger partial charge in [0.15, 0.2) is 5.78 Å². The Kier molecular flexibility index (Phi) is 7.79. The first kappa shape index (κ1) is 22.5. The minimum Gasteiger partial charge on any atom is -0.393 e. The van der Waals surface area contributed by atoms with Gasteiger partial charge in [0.1, 0.15) is 5.82 Å². The van der Waals surface area contributed by atoms with Crippen molar-refractivity contribution in [3.63, 3.8) is 0 Å². The fourth-order valence-electron chi connectivity index (χ4n) is 3.58. The van der Waals surface area contributed by atoms with Crippen molar-refractivity contribution in [3.8, 4) is 11.3 Å². The number of aliphatic hydroxyl groups is 1. The molecule has 2 aromatic carbocycles. The van der Waals surface area contributed by atoms with Crippen molar-refractivity contribution in [1.82, 2.24) is 4.98 Å². The fraction of sp³-hybridized carbons (Fsp3) is 0.308. The first-order valence-corrected chi connectivity index (χ1v) is 11.0. The van der Waals surface area contributed by atoms with Crippen molar-refractivity contribution < 1.29 is 9.90 Å². The first-order valence-electron chi connectivity index (χ1n) is 11.0. The Labute approximate surface area is 184 Å². The van der Waals surface area contributed by atoms with Crippen molar-refractivity contribution >= 4 is 23.0 Å². The van der Waals surface area contributed by atoms with Crippen LogP contribution in [0.15, 0.2) is 66.7 Å². The third-order valence-electron chi connectivity index (χ3n) is 5.27. The Bertz CT molecular complexity index is 979. The van der Waals surface area contributed by atoms with Gasteiger partial charge in [-0.2, -0.15) is 0 Å². The van der Waals surface area contributed by atoms with E-state index in [0.29, 0.717) is 5.56 Å². The highest BCUT2D eigenvalue weighted by Gasteiger charge is 2.19. The molecule has 5 heteroatoms. The second kappa shape index (κ2) is 10.7. The number of anilines is 3. The monoisotopic (exact) mass is 417 g/mol. The van der Waals surface area contributed by atoms with E-state index in [9.17, 15) is 9.90 Å². The van der Waals surface area contributed by atoms with Crippen LogP contribution in [-0.2, 0) is 0 Å². The van der Waals surface area contributed by atoms with Crippen LogP contribution in [0.3, 0.4) is 0 Å². The van der Waals surface area contributed by atoms with Gasteiger partial charge in [-0.25, -0.2) is 4.98 Å². The van der Waals surface area contributed by atoms with Crippen LogP contribution >= 0.6 is 0 Å². The molecule has 1 saturated heterocycles. The molecule has 0 amide bonds. The molecule has 0 bridgehead atoms. The zero-order chi connectivity index (χ0) is 22.2. The highest BCUT2D eigenvalue weighted by atomic mass is 16.3. The van der Waals surface area contributed by atoms with Crippen LogP contribution < -0.4 is 10.2 Å². The number of benzene rings is 2. The molecule has 4 rings (SSSR count). The van der Waals surface area contributed by atoms with E-state index in [1.54, 1.807) is 6.92 Å². The number of piperidine rings is 1.